The van der Waals surface area contributed by atoms with Gasteiger partial charge in [-0.15, -0.1) is 11.3 Å². The number of aromatic nitrogens is 4. The highest BCUT2D eigenvalue weighted by molar-refractivity contribution is 7.12. The molecule has 3 rings (SSSR count). The number of carbonyl (C=O) groups excluding carboxylic acids is 1. The van der Waals surface area contributed by atoms with Crippen LogP contribution in [0.2, 0.25) is 0 Å². The lowest BCUT2D eigenvalue weighted by atomic mass is 10.1. The first-order valence-electron chi connectivity index (χ1n) is 7.13. The second kappa shape index (κ2) is 6.41. The molecule has 2 aromatic heterocycles. The Morgan fingerprint density at radius 2 is 2.45 bits per heavy atom. The monoisotopic (exact) mass is 323 g/mol. The molecule has 0 aliphatic carbocycles. The number of nitrogens with zero attached hydrogens (tertiary/aromatic N) is 4. The number of tetrazole rings is 1. The first-order chi connectivity index (χ1) is 10.6. The first-order valence-corrected chi connectivity index (χ1v) is 8.01. The van der Waals surface area contributed by atoms with Crippen LogP contribution in [0.1, 0.15) is 19.8 Å². The summed E-state index contributed by atoms with van der Waals surface area (Å²) in [4.78, 5) is 24.2. The van der Waals surface area contributed by atoms with E-state index in [1.165, 1.54) is 16.0 Å². The molecule has 3 heterocycles. The fraction of sp³-hybridized carbons (Fsp3) is 0.538. The van der Waals surface area contributed by atoms with Crippen molar-refractivity contribution in [3.63, 3.8) is 0 Å². The van der Waals surface area contributed by atoms with Gasteiger partial charge in [0.15, 0.2) is 0 Å². The van der Waals surface area contributed by atoms with E-state index in [1.807, 2.05) is 18.4 Å². The summed E-state index contributed by atoms with van der Waals surface area (Å²) in [6, 6.07) is 3.50. The Bertz CT molecular complexity index is 687. The maximum atomic E-state index is 12.1. The highest BCUT2D eigenvalue weighted by atomic mass is 32.1. The Labute approximate surface area is 130 Å². The van der Waals surface area contributed by atoms with E-state index >= 15 is 0 Å². The van der Waals surface area contributed by atoms with Crippen LogP contribution in [0.3, 0.4) is 0 Å². The number of ether oxygens (including phenoxy) is 1. The molecule has 0 bridgehead atoms. The van der Waals surface area contributed by atoms with Gasteiger partial charge in [0.05, 0.1) is 12.1 Å². The van der Waals surface area contributed by atoms with Crippen LogP contribution in [-0.4, -0.2) is 44.5 Å². The smallest absolute Gasteiger partial charge is 0.369 e. The van der Waals surface area contributed by atoms with Crippen molar-refractivity contribution in [2.24, 2.45) is 0 Å². The van der Waals surface area contributed by atoms with Crippen molar-refractivity contribution in [1.29, 1.82) is 0 Å². The zero-order valence-electron chi connectivity index (χ0n) is 12.1. The highest BCUT2D eigenvalue weighted by Gasteiger charge is 2.24. The number of thiophene rings is 1. The molecule has 22 heavy (non-hydrogen) atoms. The van der Waals surface area contributed by atoms with Crippen LogP contribution in [-0.2, 0) is 16.1 Å². The number of nitrogens with one attached hydrogen (secondary N) is 1. The average molecular weight is 323 g/mol. The summed E-state index contributed by atoms with van der Waals surface area (Å²) in [6.07, 6.45) is 2.00. The first kappa shape index (κ1) is 14.9. The van der Waals surface area contributed by atoms with Gasteiger partial charge < -0.3 is 10.1 Å². The van der Waals surface area contributed by atoms with Gasteiger partial charge in [0.25, 0.3) is 0 Å². The van der Waals surface area contributed by atoms with Gasteiger partial charge >= 0.3 is 5.69 Å². The average Bonchev–Trinajstić information content (AvgIpc) is 3.21. The van der Waals surface area contributed by atoms with E-state index in [0.717, 1.165) is 24.1 Å². The van der Waals surface area contributed by atoms with Crippen molar-refractivity contribution in [3.05, 3.63) is 28.0 Å². The van der Waals surface area contributed by atoms with Crippen molar-refractivity contribution in [2.45, 2.75) is 38.5 Å². The van der Waals surface area contributed by atoms with E-state index in [1.54, 1.807) is 6.07 Å². The molecule has 1 saturated heterocycles. The number of rotatable bonds is 5. The number of hydrogen-bond donors (Lipinski definition) is 1. The summed E-state index contributed by atoms with van der Waals surface area (Å²) in [5.41, 5.74) is -0.428. The Morgan fingerprint density at radius 3 is 3.14 bits per heavy atom. The van der Waals surface area contributed by atoms with Crippen LogP contribution in [0.15, 0.2) is 22.3 Å². The molecule has 118 valence electrons. The van der Waals surface area contributed by atoms with E-state index in [2.05, 4.69) is 15.7 Å². The van der Waals surface area contributed by atoms with E-state index in [9.17, 15) is 9.59 Å². The van der Waals surface area contributed by atoms with Crippen molar-refractivity contribution in [1.82, 2.24) is 25.1 Å². The van der Waals surface area contributed by atoms with Gasteiger partial charge in [-0.3, -0.25) is 4.79 Å². The molecule has 1 aliphatic heterocycles. The molecule has 2 atom stereocenters. The standard InChI is InChI=1S/C13H17N5O3S/c1-9(10-4-2-6-21-10)14-11(19)8-17-13(20)18(16-15-17)12-5-3-7-22-12/h3,5,7,9-10H,2,4,6,8H2,1H3,(H,14,19). The van der Waals surface area contributed by atoms with Gasteiger partial charge in [0.2, 0.25) is 5.91 Å². The summed E-state index contributed by atoms with van der Waals surface area (Å²) in [6.45, 7) is 2.49. The lowest BCUT2D eigenvalue weighted by molar-refractivity contribution is -0.123. The van der Waals surface area contributed by atoms with Gasteiger partial charge in [-0.05, 0) is 47.7 Å². The molecule has 1 fully saturated rings. The molecule has 0 aromatic carbocycles. The lowest BCUT2D eigenvalue weighted by Crippen LogP contribution is -2.43. The predicted molar refractivity (Wildman–Crippen MR) is 80.1 cm³/mol. The summed E-state index contributed by atoms with van der Waals surface area (Å²) in [5, 5.41) is 12.9. The zero-order valence-corrected chi connectivity index (χ0v) is 13.0. The molecule has 1 N–H and O–H groups in total. The Balaban J connectivity index is 1.63. The van der Waals surface area contributed by atoms with Crippen molar-refractivity contribution < 1.29 is 9.53 Å². The summed E-state index contributed by atoms with van der Waals surface area (Å²) in [7, 11) is 0. The molecule has 2 aromatic rings. The minimum absolute atomic E-state index is 0.0440. The minimum atomic E-state index is -0.428. The maximum Gasteiger partial charge on any atom is 0.369 e. The van der Waals surface area contributed by atoms with E-state index in [-0.39, 0.29) is 24.6 Å². The summed E-state index contributed by atoms with van der Waals surface area (Å²) < 4.78 is 7.76. The molecular formula is C13H17N5O3S. The quantitative estimate of drug-likeness (QED) is 0.847. The third-order valence-corrected chi connectivity index (χ3v) is 4.40. The molecule has 8 nitrogen and oxygen atoms in total. The van der Waals surface area contributed by atoms with E-state index in [4.69, 9.17) is 4.74 Å². The SMILES string of the molecule is CC(NC(=O)Cn1nnn(-c2cccs2)c1=O)C1CCCO1. The van der Waals surface area contributed by atoms with E-state index in [0.29, 0.717) is 5.00 Å². The molecule has 1 aliphatic rings. The molecule has 0 saturated carbocycles. The van der Waals surface area contributed by atoms with Gasteiger partial charge in [0, 0.05) is 6.61 Å². The van der Waals surface area contributed by atoms with Crippen molar-refractivity contribution in [2.75, 3.05) is 6.61 Å². The van der Waals surface area contributed by atoms with Crippen LogP contribution in [0.5, 0.6) is 0 Å². The fourth-order valence-corrected chi connectivity index (χ4v) is 3.10. The Hall–Kier alpha value is -2.00. The summed E-state index contributed by atoms with van der Waals surface area (Å²) in [5.74, 6) is -0.275. The van der Waals surface area contributed by atoms with Crippen LogP contribution in [0, 0.1) is 0 Å². The molecule has 0 spiro atoms. The van der Waals surface area contributed by atoms with Gasteiger partial charge in [-0.2, -0.15) is 9.36 Å². The zero-order chi connectivity index (χ0) is 15.5. The fourth-order valence-electron chi connectivity index (χ4n) is 2.43. The third kappa shape index (κ3) is 3.09. The van der Waals surface area contributed by atoms with Crippen LogP contribution in [0.4, 0.5) is 0 Å². The van der Waals surface area contributed by atoms with Gasteiger partial charge in [-0.25, -0.2) is 4.79 Å². The van der Waals surface area contributed by atoms with Crippen molar-refractivity contribution >= 4 is 17.2 Å². The predicted octanol–water partition coefficient (Wildman–Crippen LogP) is 0.174. The molecule has 1 amide bonds. The molecule has 9 heteroatoms. The molecule has 2 unspecified atom stereocenters. The molecule has 0 radical (unpaired) electrons. The van der Waals surface area contributed by atoms with E-state index < -0.39 is 5.69 Å². The topological polar surface area (TPSA) is 91.0 Å². The van der Waals surface area contributed by atoms with Gasteiger partial charge in [-0.1, -0.05) is 0 Å². The number of amides is 1. The second-order valence-corrected chi connectivity index (χ2v) is 6.12. The summed E-state index contributed by atoms with van der Waals surface area (Å²) >= 11 is 1.38. The maximum absolute atomic E-state index is 12.1. The van der Waals surface area contributed by atoms with Crippen molar-refractivity contribution in [3.8, 4) is 5.00 Å². The normalized spacial score (nSPS) is 19.2. The largest absolute Gasteiger partial charge is 0.376 e. The van der Waals surface area contributed by atoms with Crippen LogP contribution >= 0.6 is 11.3 Å². The van der Waals surface area contributed by atoms with Gasteiger partial charge in [0.1, 0.15) is 11.5 Å². The lowest BCUT2D eigenvalue weighted by Gasteiger charge is -2.19. The molecular weight excluding hydrogens is 306 g/mol. The Kier molecular flexibility index (Phi) is 4.34. The van der Waals surface area contributed by atoms with Crippen LogP contribution in [0.25, 0.3) is 5.00 Å². The third-order valence-electron chi connectivity index (χ3n) is 3.56. The highest BCUT2D eigenvalue weighted by Crippen LogP contribution is 2.15. The number of hydrogen-bond acceptors (Lipinski definition) is 6. The Morgan fingerprint density at radius 1 is 1.59 bits per heavy atom. The number of carbonyl (C=O) groups is 1. The minimum Gasteiger partial charge on any atom is -0.376 e. The van der Waals surface area contributed by atoms with Crippen LogP contribution < -0.4 is 11.0 Å². The second-order valence-electron chi connectivity index (χ2n) is 5.19.